The van der Waals surface area contributed by atoms with Crippen molar-refractivity contribution in [1.82, 2.24) is 0 Å². The largest absolute Gasteiger partial charge is 0.118 e. The molecule has 1 atom stereocenters. The fourth-order valence-corrected chi connectivity index (χ4v) is 2.92. The van der Waals surface area contributed by atoms with Crippen LogP contribution in [0.1, 0.15) is 49.5 Å². The summed E-state index contributed by atoms with van der Waals surface area (Å²) in [7, 11) is 0. The topological polar surface area (TPSA) is 0 Å². The first-order valence-corrected chi connectivity index (χ1v) is 6.96. The lowest BCUT2D eigenvalue weighted by Crippen LogP contribution is -1.97. The molecule has 0 aliphatic heterocycles. The van der Waals surface area contributed by atoms with Crippen molar-refractivity contribution in [3.8, 4) is 0 Å². The molecular formula is C14H18Cl2. The van der Waals surface area contributed by atoms with E-state index in [1.54, 1.807) is 0 Å². The van der Waals surface area contributed by atoms with Gasteiger partial charge in [0.2, 0.25) is 0 Å². The highest BCUT2D eigenvalue weighted by Gasteiger charge is 2.17. The van der Waals surface area contributed by atoms with Crippen LogP contribution >= 0.6 is 23.2 Å². The van der Waals surface area contributed by atoms with Gasteiger partial charge in [0.15, 0.2) is 0 Å². The zero-order valence-electron chi connectivity index (χ0n) is 9.46. The third-order valence-corrected chi connectivity index (χ3v) is 4.26. The first kappa shape index (κ1) is 12.3. The van der Waals surface area contributed by atoms with Gasteiger partial charge in [0.05, 0.1) is 5.38 Å². The van der Waals surface area contributed by atoms with E-state index in [-0.39, 0.29) is 5.38 Å². The molecule has 1 saturated carbocycles. The lowest BCUT2D eigenvalue weighted by Gasteiger charge is -2.13. The first-order chi connectivity index (χ1) is 7.75. The fourth-order valence-electron chi connectivity index (χ4n) is 2.52. The average Bonchev–Trinajstić information content (AvgIpc) is 2.80. The number of hydrogen-bond donors (Lipinski definition) is 0. The van der Waals surface area contributed by atoms with E-state index in [0.717, 1.165) is 17.4 Å². The van der Waals surface area contributed by atoms with Crippen LogP contribution in [0, 0.1) is 5.92 Å². The molecule has 0 amide bonds. The van der Waals surface area contributed by atoms with E-state index >= 15 is 0 Å². The Morgan fingerprint density at radius 3 is 2.38 bits per heavy atom. The van der Waals surface area contributed by atoms with Gasteiger partial charge in [0.25, 0.3) is 0 Å². The molecular weight excluding hydrogens is 239 g/mol. The highest BCUT2D eigenvalue weighted by molar-refractivity contribution is 6.30. The van der Waals surface area contributed by atoms with E-state index in [2.05, 4.69) is 0 Å². The van der Waals surface area contributed by atoms with Crippen molar-refractivity contribution in [2.24, 2.45) is 5.92 Å². The summed E-state index contributed by atoms with van der Waals surface area (Å²) in [5.74, 6) is 0.925. The summed E-state index contributed by atoms with van der Waals surface area (Å²) >= 11 is 12.2. The predicted molar refractivity (Wildman–Crippen MR) is 71.2 cm³/mol. The number of hydrogen-bond acceptors (Lipinski definition) is 0. The summed E-state index contributed by atoms with van der Waals surface area (Å²) in [6.07, 6.45) is 8.01. The molecule has 88 valence electrons. The summed E-state index contributed by atoms with van der Waals surface area (Å²) in [4.78, 5) is 0. The second-order valence-electron chi connectivity index (χ2n) is 4.75. The molecule has 0 aromatic heterocycles. The molecule has 0 bridgehead atoms. The highest BCUT2D eigenvalue weighted by Crippen LogP contribution is 2.34. The highest BCUT2D eigenvalue weighted by atomic mass is 35.5. The zero-order valence-corrected chi connectivity index (χ0v) is 11.0. The molecule has 0 heterocycles. The van der Waals surface area contributed by atoms with Crippen LogP contribution in [0.15, 0.2) is 24.3 Å². The third kappa shape index (κ3) is 3.40. The molecule has 1 fully saturated rings. The second-order valence-corrected chi connectivity index (χ2v) is 5.71. The molecule has 1 unspecified atom stereocenters. The smallest absolute Gasteiger partial charge is 0.0585 e. The van der Waals surface area contributed by atoms with E-state index in [4.69, 9.17) is 23.2 Å². The van der Waals surface area contributed by atoms with Crippen molar-refractivity contribution in [1.29, 1.82) is 0 Å². The van der Waals surface area contributed by atoms with E-state index < -0.39 is 0 Å². The summed E-state index contributed by atoms with van der Waals surface area (Å²) in [6, 6.07) is 7.91. The average molecular weight is 257 g/mol. The minimum atomic E-state index is 0.151. The van der Waals surface area contributed by atoms with Crippen molar-refractivity contribution < 1.29 is 0 Å². The Morgan fingerprint density at radius 2 is 1.75 bits per heavy atom. The summed E-state index contributed by atoms with van der Waals surface area (Å²) in [5, 5.41) is 0.932. The monoisotopic (exact) mass is 256 g/mol. The number of halogens is 2. The minimum Gasteiger partial charge on any atom is -0.118 e. The maximum atomic E-state index is 6.39. The predicted octanol–water partition coefficient (Wildman–Crippen LogP) is 5.59. The maximum Gasteiger partial charge on any atom is 0.0585 e. The lowest BCUT2D eigenvalue weighted by molar-refractivity contribution is 0.480. The molecule has 1 aliphatic carbocycles. The van der Waals surface area contributed by atoms with Crippen LogP contribution in [-0.2, 0) is 0 Å². The Balaban J connectivity index is 1.82. The molecule has 2 heteroatoms. The summed E-state index contributed by atoms with van der Waals surface area (Å²) in [5.41, 5.74) is 1.20. The quantitative estimate of drug-likeness (QED) is 0.617. The van der Waals surface area contributed by atoms with E-state index in [0.29, 0.717) is 0 Å². The molecule has 0 spiro atoms. The van der Waals surface area contributed by atoms with Gasteiger partial charge in [0.1, 0.15) is 0 Å². The van der Waals surface area contributed by atoms with Gasteiger partial charge in [0, 0.05) is 5.02 Å². The molecule has 2 rings (SSSR count). The maximum absolute atomic E-state index is 6.39. The van der Waals surface area contributed by atoms with Gasteiger partial charge < -0.3 is 0 Å². The molecule has 0 saturated heterocycles. The Bertz CT molecular complexity index is 312. The van der Waals surface area contributed by atoms with Gasteiger partial charge in [-0.25, -0.2) is 0 Å². The lowest BCUT2D eigenvalue weighted by atomic mass is 9.98. The van der Waals surface area contributed by atoms with Crippen molar-refractivity contribution in [3.05, 3.63) is 34.9 Å². The summed E-state index contributed by atoms with van der Waals surface area (Å²) < 4.78 is 0. The van der Waals surface area contributed by atoms with Crippen LogP contribution in [-0.4, -0.2) is 0 Å². The van der Waals surface area contributed by atoms with Gasteiger partial charge in [-0.3, -0.25) is 0 Å². The zero-order chi connectivity index (χ0) is 11.4. The second kappa shape index (κ2) is 5.93. The van der Waals surface area contributed by atoms with Crippen LogP contribution in [0.4, 0.5) is 0 Å². The van der Waals surface area contributed by atoms with Crippen LogP contribution in [0.5, 0.6) is 0 Å². The Kier molecular flexibility index (Phi) is 4.55. The van der Waals surface area contributed by atoms with Gasteiger partial charge >= 0.3 is 0 Å². The van der Waals surface area contributed by atoms with E-state index in [9.17, 15) is 0 Å². The third-order valence-electron chi connectivity index (χ3n) is 3.53. The summed E-state index contributed by atoms with van der Waals surface area (Å²) in [6.45, 7) is 0. The minimum absolute atomic E-state index is 0.151. The van der Waals surface area contributed by atoms with Crippen molar-refractivity contribution in [2.45, 2.75) is 43.9 Å². The van der Waals surface area contributed by atoms with Crippen LogP contribution in [0.25, 0.3) is 0 Å². The van der Waals surface area contributed by atoms with Gasteiger partial charge in [-0.2, -0.15) is 0 Å². The van der Waals surface area contributed by atoms with Gasteiger partial charge in [-0.15, -0.1) is 11.6 Å². The SMILES string of the molecule is Clc1ccc(C(Cl)CCC2CCCC2)cc1. The van der Waals surface area contributed by atoms with Crippen LogP contribution in [0.2, 0.25) is 5.02 Å². The molecule has 1 aromatic carbocycles. The Hall–Kier alpha value is -0.200. The number of alkyl halides is 1. The Morgan fingerprint density at radius 1 is 1.12 bits per heavy atom. The standard InChI is InChI=1S/C14H18Cl2/c15-13-8-6-12(7-9-13)14(16)10-5-11-3-1-2-4-11/h6-9,11,14H,1-5,10H2. The molecule has 0 nitrogen and oxygen atoms in total. The number of rotatable bonds is 4. The molecule has 16 heavy (non-hydrogen) atoms. The van der Waals surface area contributed by atoms with Crippen molar-refractivity contribution >= 4 is 23.2 Å². The molecule has 0 N–H and O–H groups in total. The van der Waals surface area contributed by atoms with Crippen LogP contribution in [0.3, 0.4) is 0 Å². The van der Waals surface area contributed by atoms with Crippen LogP contribution < -0.4 is 0 Å². The molecule has 0 radical (unpaired) electrons. The number of benzene rings is 1. The molecule has 1 aromatic rings. The van der Waals surface area contributed by atoms with Gasteiger partial charge in [-0.1, -0.05) is 49.4 Å². The fraction of sp³-hybridized carbons (Fsp3) is 0.571. The van der Waals surface area contributed by atoms with E-state index in [1.165, 1.54) is 37.7 Å². The normalized spacial score (nSPS) is 18.9. The Labute approximate surface area is 108 Å². The van der Waals surface area contributed by atoms with Crippen molar-refractivity contribution in [3.63, 3.8) is 0 Å². The van der Waals surface area contributed by atoms with E-state index in [1.807, 2.05) is 24.3 Å². The first-order valence-electron chi connectivity index (χ1n) is 6.15. The molecule has 1 aliphatic rings. The van der Waals surface area contributed by atoms with Gasteiger partial charge in [-0.05, 0) is 36.5 Å². The van der Waals surface area contributed by atoms with Crippen molar-refractivity contribution in [2.75, 3.05) is 0 Å².